The molecule has 2 amide bonds. The smallest absolute Gasteiger partial charge is 0.237 e. The van der Waals surface area contributed by atoms with E-state index in [1.54, 1.807) is 46.6 Å². The first-order valence-corrected chi connectivity index (χ1v) is 16.5. The number of nitrogens with one attached hydrogen (secondary N) is 1. The van der Waals surface area contributed by atoms with Crippen molar-refractivity contribution in [3.05, 3.63) is 59.9 Å². The monoisotopic (exact) mass is 650 g/mol. The minimum atomic E-state index is -0.496. The maximum Gasteiger partial charge on any atom is 0.237 e. The molecule has 13 nitrogen and oxygen atoms in total. The predicted molar refractivity (Wildman–Crippen MR) is 178 cm³/mol. The van der Waals surface area contributed by atoms with Crippen molar-refractivity contribution in [2.24, 2.45) is 12.5 Å². The quantitative estimate of drug-likeness (QED) is 0.280. The van der Waals surface area contributed by atoms with Gasteiger partial charge in [0.1, 0.15) is 23.4 Å². The molecular formula is C33H34N10O3S. The van der Waals surface area contributed by atoms with Gasteiger partial charge in [-0.2, -0.15) is 10.2 Å². The van der Waals surface area contributed by atoms with Gasteiger partial charge >= 0.3 is 0 Å². The van der Waals surface area contributed by atoms with Crippen LogP contribution < -0.4 is 9.64 Å². The van der Waals surface area contributed by atoms with E-state index in [0.717, 1.165) is 47.6 Å². The predicted octanol–water partition coefficient (Wildman–Crippen LogP) is 3.63. The lowest BCUT2D eigenvalue weighted by Gasteiger charge is -2.29. The van der Waals surface area contributed by atoms with E-state index in [0.29, 0.717) is 55.6 Å². The van der Waals surface area contributed by atoms with Crippen LogP contribution in [0.5, 0.6) is 5.88 Å². The average molecular weight is 651 g/mol. The van der Waals surface area contributed by atoms with E-state index in [2.05, 4.69) is 48.4 Å². The number of likely N-dealkylation sites (tertiary alicyclic amines) is 1. The van der Waals surface area contributed by atoms with Crippen LogP contribution in [0.4, 0.5) is 5.82 Å². The van der Waals surface area contributed by atoms with E-state index >= 15 is 0 Å². The first kappa shape index (κ1) is 29.5. The van der Waals surface area contributed by atoms with Gasteiger partial charge in [0.15, 0.2) is 5.82 Å². The Morgan fingerprint density at radius 3 is 2.70 bits per heavy atom. The molecule has 1 spiro atoms. The zero-order valence-corrected chi connectivity index (χ0v) is 27.0. The first-order valence-electron chi connectivity index (χ1n) is 15.7. The van der Waals surface area contributed by atoms with Gasteiger partial charge in [0.25, 0.3) is 0 Å². The second kappa shape index (κ2) is 11.7. The van der Waals surface area contributed by atoms with Crippen molar-refractivity contribution in [1.29, 1.82) is 0 Å². The molecule has 5 aromatic rings. The maximum absolute atomic E-state index is 13.9. The zero-order valence-electron chi connectivity index (χ0n) is 26.2. The standard InChI is InChI=1S/C33H34N10O3S/c1-40-20-35-31(39-40)25-6-5-24(47-25)21-9-13-42(14-10-21)28(44)18-41-15-11-33(19-41)12-16-43(32(33)45)26-7-4-23-30(36-26)29(38-37-23)22-3-8-27(46-2)34-17-22/h3-9,17,20H,10-16,18-19H2,1-2H3,(H,37,38)/t33-/m0/s1. The number of fused-ring (bicyclic) bond motifs is 1. The molecule has 2 saturated heterocycles. The topological polar surface area (TPSA) is 138 Å². The van der Waals surface area contributed by atoms with Gasteiger partial charge in [0, 0.05) is 55.9 Å². The van der Waals surface area contributed by atoms with E-state index in [1.165, 1.54) is 10.5 Å². The van der Waals surface area contributed by atoms with Crippen LogP contribution in [-0.2, 0) is 16.6 Å². The number of carbonyl (C=O) groups excluding carboxylic acids is 2. The molecule has 14 heteroatoms. The van der Waals surface area contributed by atoms with Gasteiger partial charge in [0.05, 0.1) is 29.5 Å². The summed E-state index contributed by atoms with van der Waals surface area (Å²) < 4.78 is 6.88. The molecule has 8 heterocycles. The Balaban J connectivity index is 0.901. The van der Waals surface area contributed by atoms with Crippen LogP contribution in [0.2, 0.25) is 0 Å². The zero-order chi connectivity index (χ0) is 32.1. The molecule has 1 atom stereocenters. The van der Waals surface area contributed by atoms with Crippen molar-refractivity contribution in [1.82, 2.24) is 44.7 Å². The maximum atomic E-state index is 13.9. The lowest BCUT2D eigenvalue weighted by Crippen LogP contribution is -2.43. The summed E-state index contributed by atoms with van der Waals surface area (Å²) in [5.41, 5.74) is 3.71. The van der Waals surface area contributed by atoms with Crippen LogP contribution in [-0.4, -0.2) is 103 Å². The summed E-state index contributed by atoms with van der Waals surface area (Å²) in [6, 6.07) is 11.6. The number of aryl methyl sites for hydroxylation is 1. The first-order chi connectivity index (χ1) is 22.9. The summed E-state index contributed by atoms with van der Waals surface area (Å²) in [4.78, 5) is 48.9. The number of carbonyl (C=O) groups is 2. The number of H-pyrrole nitrogens is 1. The second-order valence-corrected chi connectivity index (χ2v) is 13.5. The Kier molecular flexibility index (Phi) is 7.33. The van der Waals surface area contributed by atoms with E-state index in [4.69, 9.17) is 9.72 Å². The summed E-state index contributed by atoms with van der Waals surface area (Å²) in [6.07, 6.45) is 7.85. The third-order valence-corrected chi connectivity index (χ3v) is 10.7. The van der Waals surface area contributed by atoms with Gasteiger partial charge in [-0.25, -0.2) is 15.0 Å². The van der Waals surface area contributed by atoms with Crippen LogP contribution in [0, 0.1) is 5.41 Å². The van der Waals surface area contributed by atoms with E-state index < -0.39 is 5.41 Å². The molecule has 240 valence electrons. The molecule has 1 N–H and O–H groups in total. The normalized spacial score (nSPS) is 20.1. The molecule has 0 aliphatic carbocycles. The molecule has 8 rings (SSSR count). The number of hydrogen-bond donors (Lipinski definition) is 1. The summed E-state index contributed by atoms with van der Waals surface area (Å²) in [6.45, 7) is 3.50. The van der Waals surface area contributed by atoms with E-state index in [-0.39, 0.29) is 11.8 Å². The average Bonchev–Trinajstić information content (AvgIpc) is 3.94. The highest BCUT2D eigenvalue weighted by Gasteiger charge is 2.51. The Hall–Kier alpha value is -4.95. The number of anilines is 1. The van der Waals surface area contributed by atoms with Crippen molar-refractivity contribution in [3.8, 4) is 27.8 Å². The van der Waals surface area contributed by atoms with Crippen LogP contribution in [0.25, 0.3) is 38.6 Å². The second-order valence-electron chi connectivity index (χ2n) is 12.4. The number of pyridine rings is 2. The number of nitrogens with zero attached hydrogens (tertiary/aromatic N) is 9. The summed E-state index contributed by atoms with van der Waals surface area (Å²) in [5, 5.41) is 11.9. The highest BCUT2D eigenvalue weighted by Crippen LogP contribution is 2.42. The highest BCUT2D eigenvalue weighted by molar-refractivity contribution is 7.16. The van der Waals surface area contributed by atoms with Crippen LogP contribution in [0.15, 0.2) is 55.0 Å². The van der Waals surface area contributed by atoms with Gasteiger partial charge in [-0.3, -0.25) is 29.2 Å². The third-order valence-electron chi connectivity index (χ3n) is 9.50. The fraction of sp³-hybridized carbons (Fsp3) is 0.364. The fourth-order valence-electron chi connectivity index (χ4n) is 6.89. The molecule has 3 aliphatic rings. The Morgan fingerprint density at radius 2 is 1.94 bits per heavy atom. The minimum absolute atomic E-state index is 0.0808. The third kappa shape index (κ3) is 5.36. The largest absolute Gasteiger partial charge is 0.481 e. The van der Waals surface area contributed by atoms with Gasteiger partial charge in [0.2, 0.25) is 17.7 Å². The van der Waals surface area contributed by atoms with Gasteiger partial charge in [-0.05, 0) is 61.7 Å². The van der Waals surface area contributed by atoms with Crippen LogP contribution >= 0.6 is 11.3 Å². The fourth-order valence-corrected chi connectivity index (χ4v) is 7.90. The van der Waals surface area contributed by atoms with Crippen molar-refractivity contribution in [2.45, 2.75) is 19.3 Å². The van der Waals surface area contributed by atoms with Crippen molar-refractivity contribution >= 4 is 45.6 Å². The molecule has 2 fully saturated rings. The van der Waals surface area contributed by atoms with Gasteiger partial charge in [-0.15, -0.1) is 11.3 Å². The number of aromatic amines is 1. The molecule has 0 aromatic carbocycles. The highest BCUT2D eigenvalue weighted by atomic mass is 32.1. The number of ether oxygens (including phenoxy) is 1. The molecule has 0 radical (unpaired) electrons. The molecule has 3 aliphatic heterocycles. The number of hydrogen-bond acceptors (Lipinski definition) is 10. The number of aromatic nitrogens is 7. The number of methoxy groups -OCH3 is 1. The molecule has 0 bridgehead atoms. The Bertz CT molecular complexity index is 2010. The van der Waals surface area contributed by atoms with Crippen LogP contribution in [0.3, 0.4) is 0 Å². The summed E-state index contributed by atoms with van der Waals surface area (Å²) in [5.74, 6) is 2.06. The lowest BCUT2D eigenvalue weighted by molar-refractivity contribution is -0.132. The van der Waals surface area contributed by atoms with Crippen molar-refractivity contribution in [3.63, 3.8) is 0 Å². The molecule has 0 saturated carbocycles. The molecular weight excluding hydrogens is 616 g/mol. The van der Waals surface area contributed by atoms with Gasteiger partial charge < -0.3 is 9.64 Å². The Labute approximate surface area is 274 Å². The van der Waals surface area contributed by atoms with E-state index in [1.807, 2.05) is 30.1 Å². The SMILES string of the molecule is COc1ccc(-c2n[nH]c3ccc(N4CC[C@]5(CCN(CC(=O)N6CC=C(c7ccc(-c8ncn(C)n8)s7)CC6)C5)C4=O)nc23)cn1. The number of amides is 2. The van der Waals surface area contributed by atoms with E-state index in [9.17, 15) is 9.59 Å². The van der Waals surface area contributed by atoms with Crippen molar-refractivity contribution < 1.29 is 14.3 Å². The minimum Gasteiger partial charge on any atom is -0.481 e. The Morgan fingerprint density at radius 1 is 1.06 bits per heavy atom. The van der Waals surface area contributed by atoms with Crippen LogP contribution in [0.1, 0.15) is 24.1 Å². The number of rotatable bonds is 7. The molecule has 0 unspecified atom stereocenters. The number of thiophene rings is 1. The van der Waals surface area contributed by atoms with Gasteiger partial charge in [-0.1, -0.05) is 6.08 Å². The lowest BCUT2D eigenvalue weighted by atomic mass is 9.85. The molecule has 5 aromatic heterocycles. The summed E-state index contributed by atoms with van der Waals surface area (Å²) >= 11 is 1.68. The summed E-state index contributed by atoms with van der Waals surface area (Å²) in [7, 11) is 3.44. The van der Waals surface area contributed by atoms with Crippen molar-refractivity contribution in [2.75, 3.05) is 51.3 Å². The molecule has 47 heavy (non-hydrogen) atoms.